The third kappa shape index (κ3) is 5.56. The summed E-state index contributed by atoms with van der Waals surface area (Å²) in [5.41, 5.74) is 7.40. The minimum atomic E-state index is -0.886. The maximum Gasteiger partial charge on any atom is 0.228 e. The molecular formula is C49H36F2N2O2. The van der Waals surface area contributed by atoms with Crippen LogP contribution in [0.5, 0.6) is 5.75 Å². The zero-order chi connectivity index (χ0) is 37.9. The number of benzene rings is 6. The molecule has 4 nitrogen and oxygen atoms in total. The van der Waals surface area contributed by atoms with E-state index in [1.54, 1.807) is 30.3 Å². The standard InChI is InChI=1S/C49H36F2N2O2/c1-48(2)43-14-8-9-15-44(43)53(3)49(48)30-52-45-41-13-7-5-11-34(41)29-36(47(45)55-49)17-16-35-28-33-10-4-6-12-40(33)42(46(35)54)27-26-39(31-18-22-37(50)23-19-31)32-20-24-38(51)25-21-32/h4-30H,1-3H3/b17-16-,42-27+. The number of para-hydroxylation sites is 1. The lowest BCUT2D eigenvalue weighted by Crippen LogP contribution is -2.61. The number of carbonyl (C=O) groups is 1. The quantitative estimate of drug-likeness (QED) is 0.166. The summed E-state index contributed by atoms with van der Waals surface area (Å²) in [6, 6.07) is 38.6. The summed E-state index contributed by atoms with van der Waals surface area (Å²) in [6.45, 7) is 4.37. The van der Waals surface area contributed by atoms with Gasteiger partial charge in [0.05, 0.1) is 11.6 Å². The van der Waals surface area contributed by atoms with Crippen molar-refractivity contribution in [2.24, 2.45) is 4.99 Å². The summed E-state index contributed by atoms with van der Waals surface area (Å²) < 4.78 is 35.1. The van der Waals surface area contributed by atoms with E-state index >= 15 is 0 Å². The van der Waals surface area contributed by atoms with Crippen LogP contribution in [-0.2, 0) is 10.2 Å². The highest BCUT2D eigenvalue weighted by Gasteiger charge is 2.58. The Balaban J connectivity index is 1.14. The van der Waals surface area contributed by atoms with Crippen LogP contribution in [-0.4, -0.2) is 24.8 Å². The second-order valence-corrected chi connectivity index (χ2v) is 14.6. The molecule has 0 bridgehead atoms. The molecule has 55 heavy (non-hydrogen) atoms. The maximum atomic E-state index is 14.5. The molecule has 0 N–H and O–H groups in total. The van der Waals surface area contributed by atoms with Gasteiger partial charge in [0.25, 0.3) is 0 Å². The number of likely N-dealkylation sites (N-methyl/N-ethyl adjacent to an activating group) is 1. The molecule has 0 fully saturated rings. The van der Waals surface area contributed by atoms with Gasteiger partial charge < -0.3 is 9.64 Å². The van der Waals surface area contributed by atoms with E-state index in [0.29, 0.717) is 16.9 Å². The van der Waals surface area contributed by atoms with Crippen molar-refractivity contribution in [3.63, 3.8) is 0 Å². The van der Waals surface area contributed by atoms with Crippen molar-refractivity contribution in [2.75, 3.05) is 11.9 Å². The SMILES string of the molecule is CN1c2ccccc2C(C)(C)C12C=Nc1c(c(/C=C\C3=Cc4ccccc4/C(=C\C=C(c4ccc(F)cc4)c4ccc(F)cc4)C3=O)cc3ccccc13)O2. The zero-order valence-electron chi connectivity index (χ0n) is 30.6. The summed E-state index contributed by atoms with van der Waals surface area (Å²) in [5, 5.41) is 1.99. The van der Waals surface area contributed by atoms with E-state index in [2.05, 4.69) is 55.1 Å². The molecule has 1 unspecified atom stereocenters. The smallest absolute Gasteiger partial charge is 0.228 e. The molecule has 0 saturated heterocycles. The van der Waals surface area contributed by atoms with Gasteiger partial charge in [0.2, 0.25) is 5.72 Å². The molecule has 3 aliphatic rings. The number of nitrogens with zero attached hydrogens (tertiary/aromatic N) is 2. The Morgan fingerprint density at radius 3 is 2.16 bits per heavy atom. The number of rotatable bonds is 5. The number of Topliss-reactive ketones (excluding diaryl/α,β-unsaturated/α-hetero) is 1. The number of allylic oxidation sites excluding steroid dienone is 5. The largest absolute Gasteiger partial charge is 0.459 e. The number of halogens is 2. The van der Waals surface area contributed by atoms with E-state index in [-0.39, 0.29) is 17.4 Å². The van der Waals surface area contributed by atoms with Gasteiger partial charge in [-0.25, -0.2) is 8.78 Å². The van der Waals surface area contributed by atoms with Gasteiger partial charge in [-0.1, -0.05) is 109 Å². The first-order valence-corrected chi connectivity index (χ1v) is 18.3. The summed E-state index contributed by atoms with van der Waals surface area (Å²) in [6.07, 6.45) is 11.3. The Hall–Kier alpha value is -6.66. The van der Waals surface area contributed by atoms with Gasteiger partial charge in [-0.05, 0) is 101 Å². The molecule has 6 aromatic rings. The van der Waals surface area contributed by atoms with E-state index in [4.69, 9.17) is 9.73 Å². The second-order valence-electron chi connectivity index (χ2n) is 14.6. The predicted octanol–water partition coefficient (Wildman–Crippen LogP) is 11.5. The van der Waals surface area contributed by atoms with Crippen LogP contribution in [0.25, 0.3) is 34.1 Å². The van der Waals surface area contributed by atoms with Crippen molar-refractivity contribution in [1.29, 1.82) is 0 Å². The van der Waals surface area contributed by atoms with Crippen molar-refractivity contribution in [1.82, 2.24) is 0 Å². The molecule has 2 heterocycles. The normalized spacial score (nSPS) is 18.6. The first-order valence-electron chi connectivity index (χ1n) is 18.3. The molecule has 0 aromatic heterocycles. The maximum absolute atomic E-state index is 14.5. The van der Waals surface area contributed by atoms with Crippen molar-refractivity contribution in [2.45, 2.75) is 25.0 Å². The van der Waals surface area contributed by atoms with E-state index in [9.17, 15) is 13.6 Å². The first-order chi connectivity index (χ1) is 26.6. The minimum absolute atomic E-state index is 0.152. The monoisotopic (exact) mass is 722 g/mol. The number of fused-ring (bicyclic) bond motifs is 5. The lowest BCUT2D eigenvalue weighted by molar-refractivity contribution is -0.110. The number of carbonyl (C=O) groups excluding carboxylic acids is 1. The average Bonchev–Trinajstić information content (AvgIpc) is 3.36. The van der Waals surface area contributed by atoms with Crippen LogP contribution in [0.2, 0.25) is 0 Å². The molecule has 0 saturated carbocycles. The van der Waals surface area contributed by atoms with Gasteiger partial charge in [0, 0.05) is 34.8 Å². The fraction of sp³-hybridized carbons (Fsp3) is 0.102. The van der Waals surface area contributed by atoms with Crippen LogP contribution in [0.3, 0.4) is 0 Å². The Morgan fingerprint density at radius 1 is 0.782 bits per heavy atom. The molecule has 0 radical (unpaired) electrons. The number of ether oxygens (including phenoxy) is 1. The van der Waals surface area contributed by atoms with Gasteiger partial charge >= 0.3 is 0 Å². The number of aliphatic imine (C=N–C) groups is 1. The molecular weight excluding hydrogens is 687 g/mol. The summed E-state index contributed by atoms with van der Waals surface area (Å²) in [7, 11) is 2.05. The summed E-state index contributed by atoms with van der Waals surface area (Å²) in [4.78, 5) is 21.8. The van der Waals surface area contributed by atoms with Gasteiger partial charge in [-0.2, -0.15) is 0 Å². The summed E-state index contributed by atoms with van der Waals surface area (Å²) >= 11 is 0. The van der Waals surface area contributed by atoms with Crippen LogP contribution in [0.15, 0.2) is 156 Å². The molecule has 1 spiro atoms. The van der Waals surface area contributed by atoms with Gasteiger partial charge in [0.1, 0.15) is 17.3 Å². The minimum Gasteiger partial charge on any atom is -0.459 e. The van der Waals surface area contributed by atoms with Crippen molar-refractivity contribution < 1.29 is 18.3 Å². The number of hydrogen-bond donors (Lipinski definition) is 0. The van der Waals surface area contributed by atoms with Crippen LogP contribution < -0.4 is 9.64 Å². The van der Waals surface area contributed by atoms with E-state index in [0.717, 1.165) is 55.5 Å². The van der Waals surface area contributed by atoms with Gasteiger partial charge in [-0.15, -0.1) is 0 Å². The number of ketones is 1. The Morgan fingerprint density at radius 2 is 1.44 bits per heavy atom. The van der Waals surface area contributed by atoms with Crippen molar-refractivity contribution >= 4 is 57.4 Å². The predicted molar refractivity (Wildman–Crippen MR) is 220 cm³/mol. The number of anilines is 1. The van der Waals surface area contributed by atoms with Gasteiger partial charge in [-0.3, -0.25) is 9.79 Å². The molecule has 1 atom stereocenters. The molecule has 0 amide bonds. The highest BCUT2D eigenvalue weighted by atomic mass is 19.1. The van der Waals surface area contributed by atoms with Gasteiger partial charge in [0.15, 0.2) is 11.5 Å². The van der Waals surface area contributed by atoms with E-state index in [1.807, 2.05) is 80.0 Å². The van der Waals surface area contributed by atoms with E-state index < -0.39 is 11.1 Å². The van der Waals surface area contributed by atoms with Crippen LogP contribution in [0.4, 0.5) is 20.2 Å². The summed E-state index contributed by atoms with van der Waals surface area (Å²) in [5.74, 6) is -0.220. The molecule has 9 rings (SSSR count). The van der Waals surface area contributed by atoms with Crippen molar-refractivity contribution in [3.05, 3.63) is 196 Å². The fourth-order valence-electron chi connectivity index (χ4n) is 8.19. The highest BCUT2D eigenvalue weighted by molar-refractivity contribution is 6.34. The molecule has 6 heteroatoms. The molecule has 2 aliphatic heterocycles. The van der Waals surface area contributed by atoms with Crippen LogP contribution in [0.1, 0.15) is 47.2 Å². The average molecular weight is 723 g/mol. The molecule has 1 aliphatic carbocycles. The zero-order valence-corrected chi connectivity index (χ0v) is 30.6. The lowest BCUT2D eigenvalue weighted by atomic mass is 9.77. The molecule has 6 aromatic carbocycles. The Bertz CT molecular complexity index is 2650. The van der Waals surface area contributed by atoms with Crippen molar-refractivity contribution in [3.8, 4) is 5.75 Å². The third-order valence-corrected chi connectivity index (χ3v) is 11.2. The Kier molecular flexibility index (Phi) is 8.08. The van der Waals surface area contributed by atoms with Crippen LogP contribution >= 0.6 is 0 Å². The fourth-order valence-corrected chi connectivity index (χ4v) is 8.19. The Labute approximate surface area is 318 Å². The number of hydrogen-bond acceptors (Lipinski definition) is 4. The highest BCUT2D eigenvalue weighted by Crippen LogP contribution is 2.55. The van der Waals surface area contributed by atoms with E-state index in [1.165, 1.54) is 29.8 Å². The second kappa shape index (κ2) is 13.0. The lowest BCUT2D eigenvalue weighted by Gasteiger charge is -2.45. The third-order valence-electron chi connectivity index (χ3n) is 11.2. The first kappa shape index (κ1) is 34.1. The topological polar surface area (TPSA) is 41.9 Å². The molecule has 268 valence electrons. The van der Waals surface area contributed by atoms with Crippen LogP contribution in [0, 0.1) is 11.6 Å².